The molecule has 1 aromatic carbocycles. The van der Waals surface area contributed by atoms with Crippen LogP contribution < -0.4 is 10.4 Å². The Balaban J connectivity index is 1.78. The first-order valence-corrected chi connectivity index (χ1v) is 10.6. The largest absolute Gasteiger partial charge is 0.495 e. The van der Waals surface area contributed by atoms with Gasteiger partial charge in [-0.3, -0.25) is 4.57 Å². The highest BCUT2D eigenvalue weighted by Crippen LogP contribution is 2.32. The lowest BCUT2D eigenvalue weighted by Gasteiger charge is -2.30. The van der Waals surface area contributed by atoms with E-state index < -0.39 is 10.0 Å². The number of hydrogen-bond donors (Lipinski definition) is 0. The van der Waals surface area contributed by atoms with Crippen LogP contribution in [0.2, 0.25) is 5.02 Å². The maximum atomic E-state index is 12.9. The van der Waals surface area contributed by atoms with Crippen molar-refractivity contribution in [2.24, 2.45) is 7.05 Å². The van der Waals surface area contributed by atoms with Gasteiger partial charge in [-0.05, 0) is 38.0 Å². The average Bonchev–Trinajstić information content (AvgIpc) is 2.96. The van der Waals surface area contributed by atoms with Crippen molar-refractivity contribution in [1.29, 1.82) is 0 Å². The van der Waals surface area contributed by atoms with Gasteiger partial charge in [0.2, 0.25) is 10.0 Å². The van der Waals surface area contributed by atoms with Crippen LogP contribution in [0.3, 0.4) is 0 Å². The normalized spacial score (nSPS) is 16.6. The summed E-state index contributed by atoms with van der Waals surface area (Å²) in [5.74, 6) is 1.22. The van der Waals surface area contributed by atoms with Gasteiger partial charge in [0.1, 0.15) is 11.6 Å². The molecule has 0 amide bonds. The second-order valence-corrected chi connectivity index (χ2v) is 8.83. The summed E-state index contributed by atoms with van der Waals surface area (Å²) in [7, 11) is -0.525. The van der Waals surface area contributed by atoms with Crippen molar-refractivity contribution in [3.63, 3.8) is 0 Å². The highest BCUT2D eigenvalue weighted by Gasteiger charge is 2.32. The number of aromatic nitrogens is 3. The Morgan fingerprint density at radius 3 is 2.52 bits per heavy atom. The van der Waals surface area contributed by atoms with E-state index in [9.17, 15) is 13.2 Å². The van der Waals surface area contributed by atoms with E-state index in [1.165, 1.54) is 28.2 Å². The van der Waals surface area contributed by atoms with Gasteiger partial charge in [0.25, 0.3) is 0 Å². The first kappa shape index (κ1) is 19.9. The predicted molar refractivity (Wildman–Crippen MR) is 102 cm³/mol. The summed E-state index contributed by atoms with van der Waals surface area (Å²) < 4.78 is 35.4. The van der Waals surface area contributed by atoms with E-state index in [2.05, 4.69) is 5.10 Å². The number of nitrogens with zero attached hydrogens (tertiary/aromatic N) is 4. The summed E-state index contributed by atoms with van der Waals surface area (Å²) in [6.07, 6.45) is 1.22. The third kappa shape index (κ3) is 3.63. The van der Waals surface area contributed by atoms with Gasteiger partial charge < -0.3 is 4.74 Å². The molecule has 10 heteroatoms. The van der Waals surface area contributed by atoms with Crippen LogP contribution in [0.15, 0.2) is 27.9 Å². The lowest BCUT2D eigenvalue weighted by Crippen LogP contribution is -2.38. The standard InChI is InChI=1S/C17H23ClN4O4S/c1-4-22-16(19-20(2)17(22)23)12-7-9-21(10-8-12)27(24,25)13-5-6-15(26-3)14(18)11-13/h5-6,11-12H,4,7-10H2,1-3H3. The Kier molecular flexibility index (Phi) is 5.64. The highest BCUT2D eigenvalue weighted by atomic mass is 35.5. The first-order valence-electron chi connectivity index (χ1n) is 8.77. The zero-order valence-corrected chi connectivity index (χ0v) is 17.1. The van der Waals surface area contributed by atoms with Gasteiger partial charge in [-0.25, -0.2) is 17.9 Å². The fourth-order valence-electron chi connectivity index (χ4n) is 3.43. The topological polar surface area (TPSA) is 86.4 Å². The number of sulfonamides is 1. The number of ether oxygens (including phenoxy) is 1. The van der Waals surface area contributed by atoms with Gasteiger partial charge in [0, 0.05) is 32.6 Å². The minimum atomic E-state index is -3.63. The monoisotopic (exact) mass is 414 g/mol. The number of piperidine rings is 1. The van der Waals surface area contributed by atoms with Crippen molar-refractivity contribution in [1.82, 2.24) is 18.7 Å². The van der Waals surface area contributed by atoms with Gasteiger partial charge in [-0.15, -0.1) is 0 Å². The molecule has 1 aliphatic rings. The Labute approximate surface area is 163 Å². The SMILES string of the molecule is CCn1c(C2CCN(S(=O)(=O)c3ccc(OC)c(Cl)c3)CC2)nn(C)c1=O. The molecule has 0 atom stereocenters. The van der Waals surface area contributed by atoms with Crippen LogP contribution >= 0.6 is 11.6 Å². The molecule has 148 valence electrons. The smallest absolute Gasteiger partial charge is 0.345 e. The van der Waals surface area contributed by atoms with Crippen LogP contribution in [-0.2, 0) is 23.6 Å². The van der Waals surface area contributed by atoms with Crippen molar-refractivity contribution in [2.75, 3.05) is 20.2 Å². The predicted octanol–water partition coefficient (Wildman–Crippen LogP) is 1.83. The lowest BCUT2D eigenvalue weighted by atomic mass is 9.97. The number of rotatable bonds is 5. The van der Waals surface area contributed by atoms with Crippen molar-refractivity contribution in [3.8, 4) is 5.75 Å². The zero-order chi connectivity index (χ0) is 19.8. The van der Waals surface area contributed by atoms with E-state index in [1.807, 2.05) is 6.92 Å². The molecule has 1 aromatic heterocycles. The van der Waals surface area contributed by atoms with Crippen molar-refractivity contribution in [2.45, 2.75) is 37.1 Å². The molecule has 1 saturated heterocycles. The molecule has 1 aliphatic heterocycles. The van der Waals surface area contributed by atoms with E-state index in [1.54, 1.807) is 17.7 Å². The Bertz CT molecular complexity index is 991. The van der Waals surface area contributed by atoms with E-state index in [-0.39, 0.29) is 21.5 Å². The van der Waals surface area contributed by atoms with Crippen molar-refractivity contribution >= 4 is 21.6 Å². The molecule has 0 N–H and O–H groups in total. The van der Waals surface area contributed by atoms with E-state index in [4.69, 9.17) is 16.3 Å². The Morgan fingerprint density at radius 2 is 1.96 bits per heavy atom. The maximum Gasteiger partial charge on any atom is 0.345 e. The van der Waals surface area contributed by atoms with Crippen molar-refractivity contribution in [3.05, 3.63) is 39.5 Å². The number of aryl methyl sites for hydroxylation is 1. The molecule has 0 spiro atoms. The zero-order valence-electron chi connectivity index (χ0n) is 15.6. The molecular weight excluding hydrogens is 392 g/mol. The summed E-state index contributed by atoms with van der Waals surface area (Å²) in [4.78, 5) is 12.2. The number of hydrogen-bond acceptors (Lipinski definition) is 5. The first-order chi connectivity index (χ1) is 12.8. The molecule has 2 heterocycles. The molecule has 3 rings (SSSR count). The fourth-order valence-corrected chi connectivity index (χ4v) is 5.25. The summed E-state index contributed by atoms with van der Waals surface area (Å²) in [6, 6.07) is 4.46. The summed E-state index contributed by atoms with van der Waals surface area (Å²) in [5.41, 5.74) is -0.143. The molecule has 0 saturated carbocycles. The molecule has 8 nitrogen and oxygen atoms in total. The van der Waals surface area contributed by atoms with Crippen LogP contribution in [0.25, 0.3) is 0 Å². The molecular formula is C17H23ClN4O4S. The lowest BCUT2D eigenvalue weighted by molar-refractivity contribution is 0.308. The van der Waals surface area contributed by atoms with Gasteiger partial charge in [-0.2, -0.15) is 9.40 Å². The van der Waals surface area contributed by atoms with Crippen LogP contribution in [0, 0.1) is 0 Å². The maximum absolute atomic E-state index is 12.9. The fraction of sp³-hybridized carbons (Fsp3) is 0.529. The average molecular weight is 415 g/mol. The van der Waals surface area contributed by atoms with Gasteiger partial charge in [0.05, 0.1) is 17.0 Å². The second kappa shape index (κ2) is 7.65. The number of benzene rings is 1. The number of halogens is 1. The van der Waals surface area contributed by atoms with E-state index in [0.717, 1.165) is 5.82 Å². The molecule has 0 radical (unpaired) electrons. The van der Waals surface area contributed by atoms with Gasteiger partial charge in [0.15, 0.2) is 0 Å². The van der Waals surface area contributed by atoms with Crippen LogP contribution in [-0.4, -0.2) is 47.3 Å². The van der Waals surface area contributed by atoms with Crippen molar-refractivity contribution < 1.29 is 13.2 Å². The molecule has 27 heavy (non-hydrogen) atoms. The highest BCUT2D eigenvalue weighted by molar-refractivity contribution is 7.89. The molecule has 2 aromatic rings. The quantitative estimate of drug-likeness (QED) is 0.745. The Morgan fingerprint density at radius 1 is 1.30 bits per heavy atom. The third-order valence-corrected chi connectivity index (χ3v) is 7.12. The summed E-state index contributed by atoms with van der Waals surface area (Å²) >= 11 is 6.08. The minimum absolute atomic E-state index is 0.0600. The second-order valence-electron chi connectivity index (χ2n) is 6.48. The molecule has 1 fully saturated rings. The van der Waals surface area contributed by atoms with Crippen LogP contribution in [0.5, 0.6) is 5.75 Å². The Hall–Kier alpha value is -1.84. The summed E-state index contributed by atoms with van der Waals surface area (Å²) in [6.45, 7) is 3.18. The minimum Gasteiger partial charge on any atom is -0.495 e. The van der Waals surface area contributed by atoms with Crippen LogP contribution in [0.1, 0.15) is 31.5 Å². The number of methoxy groups -OCH3 is 1. The van der Waals surface area contributed by atoms with E-state index >= 15 is 0 Å². The molecule has 0 bridgehead atoms. The summed E-state index contributed by atoms with van der Waals surface area (Å²) in [5, 5.41) is 4.61. The van der Waals surface area contributed by atoms with Gasteiger partial charge >= 0.3 is 5.69 Å². The third-order valence-electron chi connectivity index (χ3n) is 4.93. The van der Waals surface area contributed by atoms with Gasteiger partial charge in [-0.1, -0.05) is 11.6 Å². The van der Waals surface area contributed by atoms with Crippen LogP contribution in [0.4, 0.5) is 0 Å². The molecule has 0 unspecified atom stereocenters. The van der Waals surface area contributed by atoms with E-state index in [0.29, 0.717) is 38.2 Å². The molecule has 0 aliphatic carbocycles.